The highest BCUT2D eigenvalue weighted by molar-refractivity contribution is 7.84. The first kappa shape index (κ1) is 25.3. The molecule has 1 aliphatic rings. The van der Waals surface area contributed by atoms with Crippen LogP contribution in [-0.4, -0.2) is 21.7 Å². The molecule has 0 bridgehead atoms. The van der Waals surface area contributed by atoms with Crippen molar-refractivity contribution in [2.45, 2.75) is 13.0 Å². The highest BCUT2D eigenvalue weighted by Crippen LogP contribution is 2.78. The summed E-state index contributed by atoms with van der Waals surface area (Å²) >= 11 is 0. The molecule has 7 rings (SSSR count). The SMILES string of the molecule is CC(NP1(n2cccc2)=NP(n2cccc2)(n2cccc2)=NP(n2cccc2)(n2cccc2)=N1)c1ccccc1. The van der Waals surface area contributed by atoms with E-state index < -0.39 is 22.5 Å². The maximum Gasteiger partial charge on any atom is 0.280 e. The van der Waals surface area contributed by atoms with Crippen LogP contribution in [0.3, 0.4) is 0 Å². The molecular formula is C28H30N9P3. The Labute approximate surface area is 234 Å². The Morgan fingerprint density at radius 3 is 1.27 bits per heavy atom. The molecule has 0 amide bonds. The van der Waals surface area contributed by atoms with Crippen molar-refractivity contribution >= 4 is 22.5 Å². The van der Waals surface area contributed by atoms with Crippen LogP contribution in [0.15, 0.2) is 167 Å². The highest BCUT2D eigenvalue weighted by Gasteiger charge is 2.42. The zero-order chi connectivity index (χ0) is 27.0. The van der Waals surface area contributed by atoms with E-state index in [4.69, 9.17) is 13.5 Å². The van der Waals surface area contributed by atoms with Crippen molar-refractivity contribution in [3.8, 4) is 0 Å². The molecule has 1 N–H and O–H groups in total. The number of nitrogens with zero attached hydrogens (tertiary/aromatic N) is 8. The molecule has 6 heterocycles. The number of benzene rings is 1. The Hall–Kier alpha value is -3.73. The molecule has 0 fully saturated rings. The van der Waals surface area contributed by atoms with Gasteiger partial charge in [-0.15, -0.1) is 0 Å². The molecule has 5 aromatic heterocycles. The van der Waals surface area contributed by atoms with Crippen LogP contribution in [0, 0.1) is 0 Å². The van der Waals surface area contributed by atoms with Gasteiger partial charge in [0.25, 0.3) is 15.0 Å². The van der Waals surface area contributed by atoms with E-state index in [0.29, 0.717) is 0 Å². The molecule has 12 heteroatoms. The van der Waals surface area contributed by atoms with Crippen LogP contribution < -0.4 is 5.09 Å². The van der Waals surface area contributed by atoms with E-state index >= 15 is 0 Å². The molecular weight excluding hydrogens is 555 g/mol. The van der Waals surface area contributed by atoms with Crippen molar-refractivity contribution in [3.05, 3.63) is 159 Å². The second kappa shape index (κ2) is 10.0. The summed E-state index contributed by atoms with van der Waals surface area (Å²) in [5.74, 6) is 0. The Balaban J connectivity index is 1.66. The largest absolute Gasteiger partial charge is 0.292 e. The average Bonchev–Trinajstić information content (AvgIpc) is 3.84. The van der Waals surface area contributed by atoms with Gasteiger partial charge in [0.1, 0.15) is 0 Å². The molecule has 2 atom stereocenters. The van der Waals surface area contributed by atoms with Crippen molar-refractivity contribution in [2.75, 3.05) is 0 Å². The summed E-state index contributed by atoms with van der Waals surface area (Å²) in [6, 6.07) is 30.9. The van der Waals surface area contributed by atoms with Crippen molar-refractivity contribution in [1.82, 2.24) is 26.8 Å². The Bertz CT molecular complexity index is 1700. The quantitative estimate of drug-likeness (QED) is 0.178. The van der Waals surface area contributed by atoms with Gasteiger partial charge in [-0.3, -0.25) is 21.7 Å². The summed E-state index contributed by atoms with van der Waals surface area (Å²) in [4.78, 5) is 0. The van der Waals surface area contributed by atoms with Crippen molar-refractivity contribution in [1.29, 1.82) is 0 Å². The maximum atomic E-state index is 5.82. The Morgan fingerprint density at radius 2 is 0.850 bits per heavy atom. The van der Waals surface area contributed by atoms with Gasteiger partial charge in [-0.05, 0) is 73.2 Å². The van der Waals surface area contributed by atoms with E-state index in [1.807, 2.05) is 66.7 Å². The maximum absolute atomic E-state index is 5.82. The fourth-order valence-electron chi connectivity index (χ4n) is 4.97. The number of hydrogen-bond acceptors (Lipinski definition) is 4. The van der Waals surface area contributed by atoms with Crippen LogP contribution in [0.2, 0.25) is 0 Å². The minimum atomic E-state index is -2.89. The van der Waals surface area contributed by atoms with Gasteiger partial charge in [0.05, 0.1) is 0 Å². The summed E-state index contributed by atoms with van der Waals surface area (Å²) in [6.07, 6.45) is 20.8. The fourth-order valence-corrected chi connectivity index (χ4v) is 18.3. The minimum absolute atomic E-state index is 0.0185. The summed E-state index contributed by atoms with van der Waals surface area (Å²) in [6.45, 7) is 2.19. The topological polar surface area (TPSA) is 73.8 Å². The first-order valence-electron chi connectivity index (χ1n) is 13.1. The van der Waals surface area contributed by atoms with E-state index in [1.165, 1.54) is 5.56 Å². The monoisotopic (exact) mass is 585 g/mol. The van der Waals surface area contributed by atoms with E-state index in [9.17, 15) is 0 Å². The molecule has 0 spiro atoms. The molecule has 6 aromatic rings. The number of rotatable bonds is 8. The van der Waals surface area contributed by atoms with Crippen LogP contribution in [0.5, 0.6) is 0 Å². The van der Waals surface area contributed by atoms with Crippen LogP contribution in [0.1, 0.15) is 18.5 Å². The lowest BCUT2D eigenvalue weighted by Crippen LogP contribution is -2.21. The molecule has 2 unspecified atom stereocenters. The number of hydrogen-bond donors (Lipinski definition) is 1. The van der Waals surface area contributed by atoms with Crippen molar-refractivity contribution in [3.63, 3.8) is 0 Å². The molecule has 40 heavy (non-hydrogen) atoms. The standard InChI is InChI=1S/C28H30N9P3/c1-27(28-15-3-2-4-16-28)29-38(33-17-5-6-18-33)30-39(34-19-7-8-20-34,35-21-9-10-22-35)32-40(31-38,36-23-11-12-24-36)37-25-13-14-26-37/h2-27,29H,1H3. The van der Waals surface area contributed by atoms with Gasteiger partial charge in [0.2, 0.25) is 7.51 Å². The van der Waals surface area contributed by atoms with Gasteiger partial charge in [0, 0.05) is 68.0 Å². The van der Waals surface area contributed by atoms with Crippen molar-refractivity contribution in [2.24, 2.45) is 13.5 Å². The predicted molar refractivity (Wildman–Crippen MR) is 165 cm³/mol. The normalized spacial score (nSPS) is 20.2. The third-order valence-corrected chi connectivity index (χ3v) is 17.9. The second-order valence-electron chi connectivity index (χ2n) is 9.49. The highest BCUT2D eigenvalue weighted by atomic mass is 31.3. The van der Waals surface area contributed by atoms with Crippen LogP contribution in [0.4, 0.5) is 0 Å². The van der Waals surface area contributed by atoms with Gasteiger partial charge in [-0.25, -0.2) is 5.09 Å². The van der Waals surface area contributed by atoms with Crippen LogP contribution in [0.25, 0.3) is 0 Å². The van der Waals surface area contributed by atoms with E-state index in [1.54, 1.807) is 0 Å². The zero-order valence-corrected chi connectivity index (χ0v) is 24.6. The zero-order valence-electron chi connectivity index (χ0n) is 21.9. The summed E-state index contributed by atoms with van der Waals surface area (Å²) in [7, 11) is -8.59. The van der Waals surface area contributed by atoms with E-state index in [0.717, 1.165) is 0 Å². The Kier molecular flexibility index (Phi) is 6.33. The third-order valence-electron chi connectivity index (χ3n) is 6.90. The Morgan fingerprint density at radius 1 is 0.475 bits per heavy atom. The lowest BCUT2D eigenvalue weighted by atomic mass is 10.1. The summed E-state index contributed by atoms with van der Waals surface area (Å²) in [5.41, 5.74) is 1.18. The van der Waals surface area contributed by atoms with E-state index in [2.05, 4.69) is 120 Å². The molecule has 0 radical (unpaired) electrons. The van der Waals surface area contributed by atoms with Gasteiger partial charge in [-0.1, -0.05) is 30.3 Å². The lowest BCUT2D eigenvalue weighted by molar-refractivity contribution is 0.731. The molecule has 0 saturated carbocycles. The summed E-state index contributed by atoms with van der Waals surface area (Å²) in [5, 5.41) is 3.99. The first-order valence-corrected chi connectivity index (χ1v) is 17.9. The van der Waals surface area contributed by atoms with Gasteiger partial charge in [0.15, 0.2) is 0 Å². The molecule has 202 valence electrons. The van der Waals surface area contributed by atoms with E-state index in [-0.39, 0.29) is 6.04 Å². The summed E-state index contributed by atoms with van der Waals surface area (Å²) < 4.78 is 28.4. The molecule has 0 saturated heterocycles. The van der Waals surface area contributed by atoms with Crippen molar-refractivity contribution < 1.29 is 0 Å². The van der Waals surface area contributed by atoms with Gasteiger partial charge in [-0.2, -0.15) is 13.5 Å². The third kappa shape index (κ3) is 4.09. The smallest absolute Gasteiger partial charge is 0.280 e. The lowest BCUT2D eigenvalue weighted by Gasteiger charge is -2.39. The molecule has 1 aliphatic heterocycles. The van der Waals surface area contributed by atoms with Gasteiger partial charge < -0.3 is 0 Å². The minimum Gasteiger partial charge on any atom is -0.292 e. The van der Waals surface area contributed by atoms with Crippen LogP contribution >= 0.6 is 22.5 Å². The molecule has 1 aromatic carbocycles. The number of aromatic nitrogens is 5. The molecule has 9 nitrogen and oxygen atoms in total. The van der Waals surface area contributed by atoms with Crippen LogP contribution in [-0.2, 0) is 0 Å². The predicted octanol–water partition coefficient (Wildman–Crippen LogP) is 8.94. The average molecular weight is 586 g/mol. The van der Waals surface area contributed by atoms with Gasteiger partial charge >= 0.3 is 0 Å². The fraction of sp³-hybridized carbons (Fsp3) is 0.0714. The molecule has 0 aliphatic carbocycles. The second-order valence-corrected chi connectivity index (χ2v) is 17.5. The number of nitrogens with one attached hydrogen (secondary N) is 1. The first-order chi connectivity index (χ1) is 19.6.